The highest BCUT2D eigenvalue weighted by Crippen LogP contribution is 2.40. The first-order valence-corrected chi connectivity index (χ1v) is 7.68. The van der Waals surface area contributed by atoms with Gasteiger partial charge in [-0.3, -0.25) is 11.3 Å². The summed E-state index contributed by atoms with van der Waals surface area (Å²) in [5, 5.41) is 0. The van der Waals surface area contributed by atoms with Crippen LogP contribution in [0, 0.1) is 9.49 Å². The number of benzene rings is 1. The summed E-state index contributed by atoms with van der Waals surface area (Å²) in [5.41, 5.74) is 3.88. The summed E-state index contributed by atoms with van der Waals surface area (Å²) in [6.07, 6.45) is 2.19. The van der Waals surface area contributed by atoms with Crippen LogP contribution in [-0.2, 0) is 0 Å². The molecule has 0 saturated heterocycles. The Morgan fingerprint density at radius 3 is 2.79 bits per heavy atom. The van der Waals surface area contributed by atoms with Crippen molar-refractivity contribution in [2.24, 2.45) is 11.8 Å². The maximum Gasteiger partial charge on any atom is 0.248 e. The van der Waals surface area contributed by atoms with Gasteiger partial charge in [-0.2, -0.15) is 0 Å². The molecule has 19 heavy (non-hydrogen) atoms. The van der Waals surface area contributed by atoms with Crippen LogP contribution < -0.4 is 11.3 Å². The molecule has 2 rings (SSSR count). The lowest BCUT2D eigenvalue weighted by atomic mass is 9.81. The fraction of sp³-hybridized carbons (Fsp3) is 0.571. The molecule has 2 nitrogen and oxygen atoms in total. The van der Waals surface area contributed by atoms with Crippen molar-refractivity contribution in [3.05, 3.63) is 33.4 Å². The van der Waals surface area contributed by atoms with Gasteiger partial charge in [0.2, 0.25) is 5.92 Å². The van der Waals surface area contributed by atoms with Crippen LogP contribution in [0.1, 0.15) is 43.7 Å². The second-order valence-corrected chi connectivity index (χ2v) is 6.46. The van der Waals surface area contributed by atoms with Gasteiger partial charge in [-0.1, -0.05) is 18.2 Å². The van der Waals surface area contributed by atoms with Crippen molar-refractivity contribution in [3.8, 4) is 0 Å². The number of alkyl halides is 2. The molecule has 2 atom stereocenters. The average Bonchev–Trinajstić information content (AvgIpc) is 2.36. The van der Waals surface area contributed by atoms with Gasteiger partial charge in [0.15, 0.2) is 0 Å². The Hall–Kier alpha value is -0.270. The zero-order valence-electron chi connectivity index (χ0n) is 10.7. The van der Waals surface area contributed by atoms with E-state index < -0.39 is 5.92 Å². The molecule has 5 heteroatoms. The molecule has 1 saturated carbocycles. The van der Waals surface area contributed by atoms with Gasteiger partial charge in [0.1, 0.15) is 0 Å². The summed E-state index contributed by atoms with van der Waals surface area (Å²) in [7, 11) is 0. The Kier molecular flexibility index (Phi) is 5.14. The van der Waals surface area contributed by atoms with E-state index in [0.29, 0.717) is 12.8 Å². The fourth-order valence-corrected chi connectivity index (χ4v) is 3.62. The van der Waals surface area contributed by atoms with Gasteiger partial charge in [-0.05, 0) is 59.4 Å². The zero-order valence-corrected chi connectivity index (χ0v) is 12.9. The molecule has 1 aromatic carbocycles. The molecule has 1 aromatic rings. The van der Waals surface area contributed by atoms with Crippen molar-refractivity contribution in [1.29, 1.82) is 0 Å². The van der Waals surface area contributed by atoms with Crippen LogP contribution in [0.4, 0.5) is 8.78 Å². The number of hydrogen-bond acceptors (Lipinski definition) is 2. The van der Waals surface area contributed by atoms with Gasteiger partial charge in [0.25, 0.3) is 0 Å². The lowest BCUT2D eigenvalue weighted by Crippen LogP contribution is -2.33. The summed E-state index contributed by atoms with van der Waals surface area (Å²) in [6.45, 7) is 0. The topological polar surface area (TPSA) is 38.0 Å². The molecule has 1 fully saturated rings. The molecule has 0 spiro atoms. The molecule has 1 aliphatic rings. The van der Waals surface area contributed by atoms with Gasteiger partial charge in [-0.25, -0.2) is 8.78 Å². The zero-order chi connectivity index (χ0) is 13.9. The number of nitrogens with two attached hydrogens (primary N) is 1. The molecule has 1 aliphatic carbocycles. The van der Waals surface area contributed by atoms with Crippen LogP contribution in [0.3, 0.4) is 0 Å². The van der Waals surface area contributed by atoms with Gasteiger partial charge in [0.05, 0.1) is 0 Å². The van der Waals surface area contributed by atoms with Crippen molar-refractivity contribution in [1.82, 2.24) is 5.43 Å². The smallest absolute Gasteiger partial charge is 0.248 e. The number of nitrogens with one attached hydrogen (secondary N) is 1. The largest absolute Gasteiger partial charge is 0.271 e. The highest BCUT2D eigenvalue weighted by molar-refractivity contribution is 14.1. The predicted octanol–water partition coefficient (Wildman–Crippen LogP) is 4.01. The second-order valence-electron chi connectivity index (χ2n) is 5.29. The van der Waals surface area contributed by atoms with E-state index in [1.165, 1.54) is 0 Å². The monoisotopic (exact) mass is 380 g/mol. The van der Waals surface area contributed by atoms with Crippen LogP contribution in [0.5, 0.6) is 0 Å². The summed E-state index contributed by atoms with van der Waals surface area (Å²) < 4.78 is 28.0. The van der Waals surface area contributed by atoms with Crippen LogP contribution in [-0.4, -0.2) is 5.92 Å². The Morgan fingerprint density at radius 1 is 1.42 bits per heavy atom. The van der Waals surface area contributed by atoms with Gasteiger partial charge < -0.3 is 0 Å². The van der Waals surface area contributed by atoms with E-state index in [2.05, 4.69) is 28.0 Å². The molecule has 0 bridgehead atoms. The molecule has 3 N–H and O–H groups in total. The maximum atomic E-state index is 13.4. The average molecular weight is 380 g/mol. The number of hydrazine groups is 1. The standard InChI is InChI=1S/C14H19F2IN2/c15-14(16)7-3-4-10(9-14)8-13(19-18)11-5-1-2-6-12(11)17/h1-2,5-6,10,13,19H,3-4,7-9,18H2. The first-order chi connectivity index (χ1) is 9.02. The number of hydrogen-bond donors (Lipinski definition) is 2. The fourth-order valence-electron chi connectivity index (χ4n) is 2.85. The molecule has 0 heterocycles. The van der Waals surface area contributed by atoms with Gasteiger partial charge in [-0.15, -0.1) is 0 Å². The minimum atomic E-state index is -2.49. The molecular weight excluding hydrogens is 361 g/mol. The van der Waals surface area contributed by atoms with E-state index in [-0.39, 0.29) is 24.8 Å². The molecule has 106 valence electrons. The van der Waals surface area contributed by atoms with Crippen molar-refractivity contribution < 1.29 is 8.78 Å². The third-order valence-corrected chi connectivity index (χ3v) is 4.78. The molecule has 0 radical (unpaired) electrons. The normalized spacial score (nSPS) is 24.1. The SMILES string of the molecule is NNC(CC1CCCC(F)(F)C1)c1ccccc1I. The number of rotatable bonds is 4. The van der Waals surface area contributed by atoms with E-state index in [0.717, 1.165) is 15.6 Å². The molecule has 0 aliphatic heterocycles. The van der Waals surface area contributed by atoms with E-state index in [4.69, 9.17) is 5.84 Å². The van der Waals surface area contributed by atoms with Crippen LogP contribution >= 0.6 is 22.6 Å². The maximum absolute atomic E-state index is 13.4. The molecule has 0 amide bonds. The van der Waals surface area contributed by atoms with E-state index in [1.807, 2.05) is 24.3 Å². The summed E-state index contributed by atoms with van der Waals surface area (Å²) in [4.78, 5) is 0. The lowest BCUT2D eigenvalue weighted by molar-refractivity contribution is -0.0548. The second kappa shape index (κ2) is 6.45. The predicted molar refractivity (Wildman–Crippen MR) is 80.7 cm³/mol. The molecule has 2 unspecified atom stereocenters. The third kappa shape index (κ3) is 4.10. The first kappa shape index (κ1) is 15.1. The highest BCUT2D eigenvalue weighted by Gasteiger charge is 2.37. The quantitative estimate of drug-likeness (QED) is 0.471. The summed E-state index contributed by atoms with van der Waals surface area (Å²) >= 11 is 2.26. The minimum absolute atomic E-state index is 0.00536. The van der Waals surface area contributed by atoms with Crippen molar-refractivity contribution in [3.63, 3.8) is 0 Å². The lowest BCUT2D eigenvalue weighted by Gasteiger charge is -2.31. The van der Waals surface area contributed by atoms with E-state index in [9.17, 15) is 8.78 Å². The van der Waals surface area contributed by atoms with Crippen molar-refractivity contribution >= 4 is 22.6 Å². The van der Waals surface area contributed by atoms with Gasteiger partial charge >= 0.3 is 0 Å². The highest BCUT2D eigenvalue weighted by atomic mass is 127. The first-order valence-electron chi connectivity index (χ1n) is 6.60. The Morgan fingerprint density at radius 2 is 2.16 bits per heavy atom. The Balaban J connectivity index is 2.05. The van der Waals surface area contributed by atoms with Crippen molar-refractivity contribution in [2.75, 3.05) is 0 Å². The summed E-state index contributed by atoms with van der Waals surface area (Å²) in [6, 6.07) is 7.89. The minimum Gasteiger partial charge on any atom is -0.271 e. The third-order valence-electron chi connectivity index (χ3n) is 3.79. The molecular formula is C14H19F2IN2. The van der Waals surface area contributed by atoms with Crippen LogP contribution in [0.2, 0.25) is 0 Å². The van der Waals surface area contributed by atoms with E-state index >= 15 is 0 Å². The Bertz CT molecular complexity index is 426. The Labute approximate surface area is 126 Å². The van der Waals surface area contributed by atoms with Crippen LogP contribution in [0.15, 0.2) is 24.3 Å². The summed E-state index contributed by atoms with van der Waals surface area (Å²) in [5.74, 6) is 3.17. The van der Waals surface area contributed by atoms with E-state index in [1.54, 1.807) is 0 Å². The molecule has 0 aromatic heterocycles. The van der Waals surface area contributed by atoms with Gasteiger partial charge in [0, 0.05) is 22.5 Å². The number of halogens is 3. The van der Waals surface area contributed by atoms with Crippen LogP contribution in [0.25, 0.3) is 0 Å². The van der Waals surface area contributed by atoms with Crippen molar-refractivity contribution in [2.45, 2.75) is 44.1 Å².